The molecule has 2 aromatic carbocycles. The molecule has 1 aromatic heterocycles. The average Bonchev–Trinajstić information content (AvgIpc) is 3.22. The normalized spacial score (nSPS) is 11.9. The number of benzene rings is 2. The number of carbonyl (C=O) groups is 2. The molecule has 1 amide bonds. The first-order valence-corrected chi connectivity index (χ1v) is 8.33. The molecule has 3 rings (SSSR count). The molecule has 5 heteroatoms. The Morgan fingerprint density at radius 1 is 0.962 bits per heavy atom. The van der Waals surface area contributed by atoms with E-state index in [0.717, 1.165) is 5.56 Å². The minimum Gasteiger partial charge on any atom is -0.459 e. The number of carbonyl (C=O) groups excluding carboxylic acids is 2. The average molecular weight is 348 g/mol. The monoisotopic (exact) mass is 348 g/mol. The van der Waals surface area contributed by atoms with Gasteiger partial charge in [-0.1, -0.05) is 60.7 Å². The highest BCUT2D eigenvalue weighted by Gasteiger charge is 2.27. The summed E-state index contributed by atoms with van der Waals surface area (Å²) in [7, 11) is 1.81. The Kier molecular flexibility index (Phi) is 5.61. The Morgan fingerprint density at radius 2 is 1.62 bits per heavy atom. The van der Waals surface area contributed by atoms with Gasteiger partial charge < -0.3 is 9.73 Å². The molecule has 0 fully saturated rings. The van der Waals surface area contributed by atoms with Crippen LogP contribution in [0.25, 0.3) is 0 Å². The summed E-state index contributed by atoms with van der Waals surface area (Å²) in [5.74, 6) is -0.433. The maximum absolute atomic E-state index is 13.0. The smallest absolute Gasteiger partial charge is 0.288 e. The topological polar surface area (TPSA) is 62.6 Å². The van der Waals surface area contributed by atoms with Crippen LogP contribution in [-0.2, 0) is 6.54 Å². The summed E-state index contributed by atoms with van der Waals surface area (Å²) in [5, 5.41) is 2.78. The van der Waals surface area contributed by atoms with E-state index in [-0.39, 0.29) is 11.5 Å². The summed E-state index contributed by atoms with van der Waals surface area (Å²) in [6.45, 7) is 0.516. The minimum absolute atomic E-state index is 0.170. The van der Waals surface area contributed by atoms with Crippen molar-refractivity contribution in [1.82, 2.24) is 10.2 Å². The molecular formula is C21H20N2O3. The second-order valence-electron chi connectivity index (χ2n) is 5.98. The Morgan fingerprint density at radius 3 is 2.23 bits per heavy atom. The second-order valence-corrected chi connectivity index (χ2v) is 5.98. The number of hydrogen-bond donors (Lipinski definition) is 1. The molecular weight excluding hydrogens is 328 g/mol. The summed E-state index contributed by atoms with van der Waals surface area (Å²) >= 11 is 0. The van der Waals surface area contributed by atoms with E-state index in [9.17, 15) is 9.59 Å². The summed E-state index contributed by atoms with van der Waals surface area (Å²) in [5.41, 5.74) is 1.59. The number of amides is 1. The molecule has 0 bridgehead atoms. The fraction of sp³-hybridized carbons (Fsp3) is 0.143. The number of nitrogens with zero attached hydrogens (tertiary/aromatic N) is 1. The molecule has 132 valence electrons. The molecule has 0 aliphatic rings. The summed E-state index contributed by atoms with van der Waals surface area (Å²) in [6.07, 6.45) is 0.617. The zero-order valence-electron chi connectivity index (χ0n) is 14.5. The maximum Gasteiger partial charge on any atom is 0.288 e. The third-order valence-electron chi connectivity index (χ3n) is 4.04. The van der Waals surface area contributed by atoms with Crippen LogP contribution in [-0.4, -0.2) is 29.8 Å². The minimum atomic E-state index is -0.810. The van der Waals surface area contributed by atoms with Gasteiger partial charge in [-0.3, -0.25) is 14.5 Å². The lowest BCUT2D eigenvalue weighted by molar-refractivity contribution is 0.0706. The van der Waals surface area contributed by atoms with Crippen LogP contribution in [0.3, 0.4) is 0 Å². The van der Waals surface area contributed by atoms with Gasteiger partial charge in [-0.25, -0.2) is 0 Å². The number of nitrogens with one attached hydrogen (secondary N) is 1. The van der Waals surface area contributed by atoms with Gasteiger partial charge >= 0.3 is 0 Å². The van der Waals surface area contributed by atoms with Crippen molar-refractivity contribution in [2.45, 2.75) is 12.7 Å². The number of likely N-dealkylation sites (N-methyl/N-ethyl adjacent to an activating group) is 1. The lowest BCUT2D eigenvalue weighted by Crippen LogP contribution is -2.51. The molecule has 1 atom stereocenters. The first kappa shape index (κ1) is 17.6. The molecule has 5 nitrogen and oxygen atoms in total. The van der Waals surface area contributed by atoms with E-state index in [1.54, 1.807) is 43.4 Å². The molecule has 0 saturated carbocycles. The van der Waals surface area contributed by atoms with Gasteiger partial charge in [0.2, 0.25) is 0 Å². The molecule has 0 radical (unpaired) electrons. The van der Waals surface area contributed by atoms with E-state index in [1.165, 1.54) is 6.26 Å². The number of rotatable bonds is 7. The molecule has 0 saturated heterocycles. The van der Waals surface area contributed by atoms with Gasteiger partial charge in [0, 0.05) is 12.1 Å². The predicted octanol–water partition coefficient (Wildman–Crippen LogP) is 3.35. The lowest BCUT2D eigenvalue weighted by Gasteiger charge is -2.27. The highest BCUT2D eigenvalue weighted by Crippen LogP contribution is 2.11. The van der Waals surface area contributed by atoms with Crippen LogP contribution in [0, 0.1) is 0 Å². The van der Waals surface area contributed by atoms with Crippen molar-refractivity contribution in [3.8, 4) is 0 Å². The first-order chi connectivity index (χ1) is 12.6. The molecule has 26 heavy (non-hydrogen) atoms. The van der Waals surface area contributed by atoms with E-state index in [2.05, 4.69) is 5.32 Å². The van der Waals surface area contributed by atoms with Crippen molar-refractivity contribution in [3.63, 3.8) is 0 Å². The number of hydrogen-bond acceptors (Lipinski definition) is 4. The molecule has 3 aromatic rings. The molecule has 1 heterocycles. The van der Waals surface area contributed by atoms with Gasteiger partial charge in [-0.2, -0.15) is 0 Å². The summed E-state index contributed by atoms with van der Waals surface area (Å²) in [6, 6.07) is 21.9. The third-order valence-corrected chi connectivity index (χ3v) is 4.04. The fourth-order valence-corrected chi connectivity index (χ4v) is 2.70. The highest BCUT2D eigenvalue weighted by molar-refractivity contribution is 6.03. The quantitative estimate of drug-likeness (QED) is 0.525. The molecule has 1 unspecified atom stereocenters. The molecule has 0 spiro atoms. The van der Waals surface area contributed by atoms with E-state index < -0.39 is 12.1 Å². The van der Waals surface area contributed by atoms with Gasteiger partial charge in [-0.05, 0) is 24.7 Å². The Hall–Kier alpha value is -3.18. The van der Waals surface area contributed by atoms with Crippen molar-refractivity contribution in [2.24, 2.45) is 0 Å². The zero-order chi connectivity index (χ0) is 18.4. The predicted molar refractivity (Wildman–Crippen MR) is 98.6 cm³/mol. The fourth-order valence-electron chi connectivity index (χ4n) is 2.70. The van der Waals surface area contributed by atoms with E-state index in [0.29, 0.717) is 12.1 Å². The molecule has 1 N–H and O–H groups in total. The Balaban J connectivity index is 1.82. The Labute approximate surface area is 152 Å². The van der Waals surface area contributed by atoms with Crippen LogP contribution >= 0.6 is 0 Å². The van der Waals surface area contributed by atoms with Crippen LogP contribution in [0.5, 0.6) is 0 Å². The van der Waals surface area contributed by atoms with Crippen molar-refractivity contribution in [1.29, 1.82) is 0 Å². The van der Waals surface area contributed by atoms with Crippen LogP contribution < -0.4 is 5.32 Å². The third kappa shape index (κ3) is 4.26. The van der Waals surface area contributed by atoms with E-state index in [1.807, 2.05) is 41.3 Å². The van der Waals surface area contributed by atoms with Crippen molar-refractivity contribution in [2.75, 3.05) is 7.05 Å². The lowest BCUT2D eigenvalue weighted by atomic mass is 10.1. The standard InChI is InChI=1S/C21H20N2O3/c1-23(15-16-9-4-2-5-10-16)20(19(24)17-11-6-3-7-12-17)22-21(25)18-13-8-14-26-18/h2-14,20H,15H2,1H3,(H,22,25). The van der Waals surface area contributed by atoms with Crippen molar-refractivity contribution < 1.29 is 14.0 Å². The first-order valence-electron chi connectivity index (χ1n) is 8.33. The largest absolute Gasteiger partial charge is 0.459 e. The molecule has 0 aliphatic heterocycles. The van der Waals surface area contributed by atoms with Crippen LogP contribution in [0.2, 0.25) is 0 Å². The van der Waals surface area contributed by atoms with Crippen LogP contribution in [0.1, 0.15) is 26.5 Å². The van der Waals surface area contributed by atoms with E-state index in [4.69, 9.17) is 4.42 Å². The van der Waals surface area contributed by atoms with Gasteiger partial charge in [0.25, 0.3) is 5.91 Å². The van der Waals surface area contributed by atoms with Crippen LogP contribution in [0.15, 0.2) is 83.5 Å². The van der Waals surface area contributed by atoms with Gasteiger partial charge in [0.1, 0.15) is 6.17 Å². The number of ketones is 1. The number of furan rings is 1. The van der Waals surface area contributed by atoms with Gasteiger partial charge in [-0.15, -0.1) is 0 Å². The van der Waals surface area contributed by atoms with Crippen molar-refractivity contribution >= 4 is 11.7 Å². The van der Waals surface area contributed by atoms with E-state index >= 15 is 0 Å². The SMILES string of the molecule is CN(Cc1ccccc1)C(NC(=O)c1ccco1)C(=O)c1ccccc1. The number of Topliss-reactive ketones (excluding diaryl/α,β-unsaturated/α-hetero) is 1. The summed E-state index contributed by atoms with van der Waals surface area (Å²) in [4.78, 5) is 27.2. The van der Waals surface area contributed by atoms with Gasteiger partial charge in [0.15, 0.2) is 11.5 Å². The maximum atomic E-state index is 13.0. The zero-order valence-corrected chi connectivity index (χ0v) is 14.5. The van der Waals surface area contributed by atoms with Gasteiger partial charge in [0.05, 0.1) is 6.26 Å². The highest BCUT2D eigenvalue weighted by atomic mass is 16.3. The van der Waals surface area contributed by atoms with Crippen molar-refractivity contribution in [3.05, 3.63) is 95.9 Å². The Bertz CT molecular complexity index is 845. The summed E-state index contributed by atoms with van der Waals surface area (Å²) < 4.78 is 5.14. The molecule has 0 aliphatic carbocycles. The van der Waals surface area contributed by atoms with Crippen LogP contribution in [0.4, 0.5) is 0 Å². The second kappa shape index (κ2) is 8.27.